The summed E-state index contributed by atoms with van der Waals surface area (Å²) in [6, 6.07) is 3.85. The Kier molecular flexibility index (Phi) is 4.02. The van der Waals surface area contributed by atoms with Crippen molar-refractivity contribution < 1.29 is 12.8 Å². The van der Waals surface area contributed by atoms with Crippen LogP contribution in [0.3, 0.4) is 0 Å². The Morgan fingerprint density at radius 3 is 2.33 bits per heavy atom. The zero-order chi connectivity index (χ0) is 14.1. The lowest BCUT2D eigenvalue weighted by Gasteiger charge is -2.26. The van der Waals surface area contributed by atoms with E-state index in [0.29, 0.717) is 0 Å². The average Bonchev–Trinajstić information content (AvgIpc) is 2.13. The molecule has 2 N–H and O–H groups in total. The maximum absolute atomic E-state index is 13.7. The minimum atomic E-state index is -3.90. The number of hydrogen-bond donors (Lipinski definition) is 1. The second-order valence-corrected chi connectivity index (χ2v) is 7.46. The van der Waals surface area contributed by atoms with Crippen LogP contribution in [0.25, 0.3) is 0 Å². The van der Waals surface area contributed by atoms with E-state index >= 15 is 0 Å². The van der Waals surface area contributed by atoms with Gasteiger partial charge in [-0.2, -0.15) is 0 Å². The lowest BCUT2D eigenvalue weighted by Crippen LogP contribution is -2.35. The van der Waals surface area contributed by atoms with E-state index in [0.717, 1.165) is 10.4 Å². The first-order valence-corrected chi connectivity index (χ1v) is 7.00. The molecule has 0 saturated heterocycles. The van der Waals surface area contributed by atoms with Crippen LogP contribution in [-0.4, -0.2) is 26.3 Å². The molecule has 4 nitrogen and oxygen atoms in total. The van der Waals surface area contributed by atoms with Crippen molar-refractivity contribution in [1.29, 1.82) is 0 Å². The number of benzene rings is 1. The highest BCUT2D eigenvalue weighted by Gasteiger charge is 2.29. The van der Waals surface area contributed by atoms with Crippen molar-refractivity contribution in [1.82, 2.24) is 4.31 Å². The van der Waals surface area contributed by atoms with Crippen LogP contribution in [-0.2, 0) is 10.0 Å². The molecule has 6 heteroatoms. The van der Waals surface area contributed by atoms with Gasteiger partial charge in [0.2, 0.25) is 10.0 Å². The molecule has 1 rings (SSSR count). The van der Waals surface area contributed by atoms with E-state index in [1.54, 1.807) is 0 Å². The van der Waals surface area contributed by atoms with E-state index in [1.165, 1.54) is 19.2 Å². The van der Waals surface area contributed by atoms with Gasteiger partial charge in [0.1, 0.15) is 10.7 Å². The van der Waals surface area contributed by atoms with Gasteiger partial charge < -0.3 is 5.73 Å². The second kappa shape index (κ2) is 4.85. The van der Waals surface area contributed by atoms with Crippen LogP contribution in [0.2, 0.25) is 0 Å². The molecule has 0 radical (unpaired) electrons. The highest BCUT2D eigenvalue weighted by atomic mass is 32.2. The zero-order valence-corrected chi connectivity index (χ0v) is 11.9. The summed E-state index contributed by atoms with van der Waals surface area (Å²) in [5, 5.41) is 0. The molecule has 0 fully saturated rings. The van der Waals surface area contributed by atoms with E-state index < -0.39 is 20.7 Å². The lowest BCUT2D eigenvalue weighted by molar-refractivity contribution is 0.310. The molecule has 0 spiro atoms. The Bertz CT molecular complexity index is 515. The van der Waals surface area contributed by atoms with E-state index in [4.69, 9.17) is 5.73 Å². The van der Waals surface area contributed by atoms with Crippen LogP contribution in [0.1, 0.15) is 20.8 Å². The van der Waals surface area contributed by atoms with Gasteiger partial charge in [0, 0.05) is 13.6 Å². The quantitative estimate of drug-likeness (QED) is 0.858. The topological polar surface area (TPSA) is 63.4 Å². The van der Waals surface area contributed by atoms with Crippen LogP contribution in [0, 0.1) is 11.2 Å². The van der Waals surface area contributed by atoms with Gasteiger partial charge in [0.25, 0.3) is 0 Å². The Labute approximate surface area is 108 Å². The van der Waals surface area contributed by atoms with Crippen molar-refractivity contribution >= 4 is 15.7 Å². The summed E-state index contributed by atoms with van der Waals surface area (Å²) in [6.45, 7) is 6.00. The summed E-state index contributed by atoms with van der Waals surface area (Å²) < 4.78 is 39.3. The summed E-state index contributed by atoms with van der Waals surface area (Å²) in [5.41, 5.74) is 5.27. The molecule has 0 aliphatic heterocycles. The number of nitrogens with zero attached hydrogens (tertiary/aromatic N) is 1. The van der Waals surface area contributed by atoms with Crippen molar-refractivity contribution in [3.05, 3.63) is 24.0 Å². The first-order valence-electron chi connectivity index (χ1n) is 5.56. The maximum atomic E-state index is 13.7. The van der Waals surface area contributed by atoms with Crippen LogP contribution in [0.4, 0.5) is 10.1 Å². The van der Waals surface area contributed by atoms with Gasteiger partial charge >= 0.3 is 0 Å². The van der Waals surface area contributed by atoms with Crippen LogP contribution in [0.5, 0.6) is 0 Å². The molecule has 0 bridgehead atoms. The largest absolute Gasteiger partial charge is 0.398 e. The Morgan fingerprint density at radius 1 is 1.33 bits per heavy atom. The highest BCUT2D eigenvalue weighted by molar-refractivity contribution is 7.89. The van der Waals surface area contributed by atoms with Crippen LogP contribution < -0.4 is 5.73 Å². The van der Waals surface area contributed by atoms with Crippen molar-refractivity contribution in [2.24, 2.45) is 5.41 Å². The molecule has 0 unspecified atom stereocenters. The number of sulfonamides is 1. The Hall–Kier alpha value is -1.14. The normalized spacial score (nSPS) is 13.0. The van der Waals surface area contributed by atoms with Crippen molar-refractivity contribution in [2.75, 3.05) is 19.3 Å². The third-order valence-corrected chi connectivity index (χ3v) is 4.26. The minimum absolute atomic E-state index is 0.0734. The number of anilines is 1. The molecule has 0 aliphatic rings. The average molecular weight is 274 g/mol. The van der Waals surface area contributed by atoms with Crippen molar-refractivity contribution in [2.45, 2.75) is 25.7 Å². The maximum Gasteiger partial charge on any atom is 0.247 e. The molecule has 18 heavy (non-hydrogen) atoms. The molecular formula is C12H19FN2O2S. The molecule has 0 atom stereocenters. The third-order valence-electron chi connectivity index (χ3n) is 2.36. The summed E-state index contributed by atoms with van der Waals surface area (Å²) >= 11 is 0. The summed E-state index contributed by atoms with van der Waals surface area (Å²) in [7, 11) is -2.48. The fourth-order valence-corrected chi connectivity index (χ4v) is 3.26. The number of nitrogen functional groups attached to an aromatic ring is 1. The van der Waals surface area contributed by atoms with E-state index in [2.05, 4.69) is 0 Å². The molecule has 0 aromatic heterocycles. The van der Waals surface area contributed by atoms with E-state index in [1.807, 2.05) is 20.8 Å². The molecule has 1 aromatic carbocycles. The standard InChI is InChI=1S/C12H19FN2O2S/c1-12(2,3)8-15(4)18(16,17)11-9(13)6-5-7-10(11)14/h5-7H,8,14H2,1-4H3. The predicted molar refractivity (Wildman–Crippen MR) is 70.1 cm³/mol. The van der Waals surface area contributed by atoms with Crippen LogP contribution >= 0.6 is 0 Å². The van der Waals surface area contributed by atoms with Gasteiger partial charge in [0.15, 0.2) is 0 Å². The molecule has 0 aliphatic carbocycles. The molecular weight excluding hydrogens is 255 g/mol. The van der Waals surface area contributed by atoms with E-state index in [-0.39, 0.29) is 17.6 Å². The van der Waals surface area contributed by atoms with E-state index in [9.17, 15) is 12.8 Å². The monoisotopic (exact) mass is 274 g/mol. The van der Waals surface area contributed by atoms with Gasteiger partial charge in [-0.3, -0.25) is 0 Å². The first-order chi connectivity index (χ1) is 8.05. The second-order valence-electron chi connectivity index (χ2n) is 5.48. The van der Waals surface area contributed by atoms with Gasteiger partial charge in [-0.1, -0.05) is 26.8 Å². The number of rotatable bonds is 3. The fraction of sp³-hybridized carbons (Fsp3) is 0.500. The lowest BCUT2D eigenvalue weighted by atomic mass is 9.97. The van der Waals surface area contributed by atoms with Crippen molar-refractivity contribution in [3.8, 4) is 0 Å². The third kappa shape index (κ3) is 3.20. The molecule has 0 amide bonds. The van der Waals surface area contributed by atoms with Gasteiger partial charge in [-0.05, 0) is 17.5 Å². The Morgan fingerprint density at radius 2 is 1.89 bits per heavy atom. The molecule has 0 saturated carbocycles. The number of halogens is 1. The van der Waals surface area contributed by atoms with Crippen molar-refractivity contribution in [3.63, 3.8) is 0 Å². The SMILES string of the molecule is CN(CC(C)(C)C)S(=O)(=O)c1c(N)cccc1F. The summed E-state index contributed by atoms with van der Waals surface area (Å²) in [4.78, 5) is -0.447. The number of nitrogens with two attached hydrogens (primary N) is 1. The predicted octanol–water partition coefficient (Wildman–Crippen LogP) is 2.07. The van der Waals surface area contributed by atoms with Gasteiger partial charge in [-0.25, -0.2) is 17.1 Å². The molecule has 102 valence electrons. The van der Waals surface area contributed by atoms with Crippen LogP contribution in [0.15, 0.2) is 23.1 Å². The smallest absolute Gasteiger partial charge is 0.247 e. The van der Waals surface area contributed by atoms with Gasteiger partial charge in [0.05, 0.1) is 5.69 Å². The number of hydrogen-bond acceptors (Lipinski definition) is 3. The highest BCUT2D eigenvalue weighted by Crippen LogP contribution is 2.26. The molecule has 1 aromatic rings. The summed E-state index contributed by atoms with van der Waals surface area (Å²) in [5.74, 6) is -0.823. The first kappa shape index (κ1) is 14.9. The Balaban J connectivity index is 3.22. The molecule has 0 heterocycles. The zero-order valence-electron chi connectivity index (χ0n) is 11.1. The van der Waals surface area contributed by atoms with Gasteiger partial charge in [-0.15, -0.1) is 0 Å². The fourth-order valence-electron chi connectivity index (χ4n) is 1.71. The minimum Gasteiger partial charge on any atom is -0.398 e. The summed E-state index contributed by atoms with van der Waals surface area (Å²) in [6.07, 6.45) is 0.